The lowest BCUT2D eigenvalue weighted by Crippen LogP contribution is -2.29. The Hall–Kier alpha value is -4.07. The van der Waals surface area contributed by atoms with Gasteiger partial charge in [-0.25, -0.2) is 13.8 Å². The van der Waals surface area contributed by atoms with Crippen molar-refractivity contribution >= 4 is 11.4 Å². The predicted octanol–water partition coefficient (Wildman–Crippen LogP) is 5.10. The monoisotopic (exact) mass is 460 g/mol. The zero-order valence-electron chi connectivity index (χ0n) is 18.3. The van der Waals surface area contributed by atoms with Crippen molar-refractivity contribution in [1.82, 2.24) is 19.3 Å². The second-order valence-corrected chi connectivity index (χ2v) is 8.11. The van der Waals surface area contributed by atoms with Crippen molar-refractivity contribution < 1.29 is 18.3 Å². The lowest BCUT2D eigenvalue weighted by atomic mass is 10.1. The number of nitrogens with zero attached hydrogens (tertiary/aromatic N) is 4. The van der Waals surface area contributed by atoms with Crippen LogP contribution in [0.25, 0.3) is 16.8 Å². The van der Waals surface area contributed by atoms with Crippen LogP contribution in [0.2, 0.25) is 0 Å². The molecule has 1 aliphatic rings. The summed E-state index contributed by atoms with van der Waals surface area (Å²) in [5, 5.41) is 0. The summed E-state index contributed by atoms with van der Waals surface area (Å²) < 4.78 is 34.2. The molecule has 0 N–H and O–H groups in total. The third kappa shape index (κ3) is 4.03. The molecule has 5 rings (SSSR count). The molecule has 1 unspecified atom stereocenters. The first-order chi connectivity index (χ1) is 16.5. The van der Waals surface area contributed by atoms with Crippen molar-refractivity contribution in [2.75, 3.05) is 6.54 Å². The van der Waals surface area contributed by atoms with Crippen LogP contribution in [0, 0.1) is 11.6 Å². The molecule has 0 bridgehead atoms. The van der Waals surface area contributed by atoms with E-state index in [1.807, 2.05) is 22.7 Å². The summed E-state index contributed by atoms with van der Waals surface area (Å²) in [5.74, 6) is -0.503. The van der Waals surface area contributed by atoms with Gasteiger partial charge in [0.2, 0.25) is 5.91 Å². The van der Waals surface area contributed by atoms with Crippen LogP contribution < -0.4 is 4.74 Å². The number of imidazole rings is 1. The largest absolute Gasteiger partial charge is 0.489 e. The second kappa shape index (κ2) is 9.05. The van der Waals surface area contributed by atoms with E-state index in [1.165, 1.54) is 12.1 Å². The quantitative estimate of drug-likeness (QED) is 0.376. The van der Waals surface area contributed by atoms with Gasteiger partial charge in [0, 0.05) is 24.5 Å². The minimum atomic E-state index is -0.900. The average molecular weight is 460 g/mol. The number of amides is 1. The summed E-state index contributed by atoms with van der Waals surface area (Å²) in [6.07, 6.45) is 8.39. The molecule has 34 heavy (non-hydrogen) atoms. The number of fused-ring (bicyclic) bond motifs is 1. The maximum Gasteiger partial charge on any atom is 0.246 e. The van der Waals surface area contributed by atoms with Crippen LogP contribution >= 0.6 is 0 Å². The van der Waals surface area contributed by atoms with E-state index < -0.39 is 11.6 Å². The van der Waals surface area contributed by atoms with Gasteiger partial charge in [-0.3, -0.25) is 14.2 Å². The number of hydrogen-bond donors (Lipinski definition) is 0. The average Bonchev–Trinajstić information content (AvgIpc) is 3.50. The SMILES string of the molecule is C=CC(=O)N1CCCC1c1nc(-c2ccc(OCc3ccc(F)c(F)c3)cc2)c2cnccn12. The Morgan fingerprint density at radius 3 is 2.76 bits per heavy atom. The zero-order chi connectivity index (χ0) is 23.7. The highest BCUT2D eigenvalue weighted by molar-refractivity contribution is 5.87. The molecule has 4 aromatic rings. The predicted molar refractivity (Wildman–Crippen MR) is 123 cm³/mol. The molecule has 0 radical (unpaired) electrons. The van der Waals surface area contributed by atoms with Crippen LogP contribution in [0.3, 0.4) is 0 Å². The standard InChI is InChI=1S/C26H22F2N4O2/c1-2-24(33)31-12-3-4-22(31)26-30-25(23-15-29-11-13-32(23)26)18-6-8-19(9-7-18)34-16-17-5-10-20(27)21(28)14-17/h2,5-11,13-15,22H,1,3-4,12,16H2. The highest BCUT2D eigenvalue weighted by Crippen LogP contribution is 2.35. The minimum Gasteiger partial charge on any atom is -0.489 e. The lowest BCUT2D eigenvalue weighted by molar-refractivity contribution is -0.127. The minimum absolute atomic E-state index is 0.0996. The Kier molecular flexibility index (Phi) is 5.79. The van der Waals surface area contributed by atoms with Gasteiger partial charge in [-0.1, -0.05) is 12.6 Å². The molecule has 0 aliphatic carbocycles. The van der Waals surface area contributed by atoms with E-state index in [2.05, 4.69) is 11.6 Å². The van der Waals surface area contributed by atoms with Gasteiger partial charge in [0.1, 0.15) is 18.2 Å². The maximum absolute atomic E-state index is 13.4. The molecule has 1 amide bonds. The van der Waals surface area contributed by atoms with E-state index in [0.717, 1.165) is 47.6 Å². The highest BCUT2D eigenvalue weighted by Gasteiger charge is 2.32. The summed E-state index contributed by atoms with van der Waals surface area (Å²) in [5.41, 5.74) is 3.00. The van der Waals surface area contributed by atoms with Gasteiger partial charge in [0.05, 0.1) is 23.4 Å². The number of halogens is 2. The molecule has 172 valence electrons. The van der Waals surface area contributed by atoms with Crippen LogP contribution in [0.5, 0.6) is 5.75 Å². The van der Waals surface area contributed by atoms with Gasteiger partial charge in [-0.05, 0) is 60.9 Å². The summed E-state index contributed by atoms with van der Waals surface area (Å²) in [6, 6.07) is 11.0. The number of hydrogen-bond acceptors (Lipinski definition) is 4. The van der Waals surface area contributed by atoms with Gasteiger partial charge >= 0.3 is 0 Å². The molecule has 3 heterocycles. The third-order valence-corrected chi connectivity index (χ3v) is 6.00. The Balaban J connectivity index is 1.41. The van der Waals surface area contributed by atoms with Crippen LogP contribution in [-0.4, -0.2) is 31.7 Å². The Morgan fingerprint density at radius 1 is 1.18 bits per heavy atom. The Bertz CT molecular complexity index is 1370. The van der Waals surface area contributed by atoms with E-state index in [1.54, 1.807) is 29.4 Å². The molecule has 1 saturated heterocycles. The van der Waals surface area contributed by atoms with Crippen LogP contribution in [0.15, 0.2) is 73.7 Å². The van der Waals surface area contributed by atoms with E-state index in [0.29, 0.717) is 17.9 Å². The van der Waals surface area contributed by atoms with Crippen LogP contribution in [0.4, 0.5) is 8.78 Å². The van der Waals surface area contributed by atoms with Gasteiger partial charge in [-0.2, -0.15) is 0 Å². The van der Waals surface area contributed by atoms with Crippen molar-refractivity contribution in [3.63, 3.8) is 0 Å². The van der Waals surface area contributed by atoms with Crippen molar-refractivity contribution in [3.05, 3.63) is 96.7 Å². The fraction of sp³-hybridized carbons (Fsp3) is 0.192. The number of aromatic nitrogens is 3. The smallest absolute Gasteiger partial charge is 0.246 e. The van der Waals surface area contributed by atoms with Gasteiger partial charge in [-0.15, -0.1) is 0 Å². The first-order valence-electron chi connectivity index (χ1n) is 11.0. The molecular weight excluding hydrogens is 438 g/mol. The van der Waals surface area contributed by atoms with Crippen molar-refractivity contribution in [1.29, 1.82) is 0 Å². The lowest BCUT2D eigenvalue weighted by Gasteiger charge is -2.22. The molecule has 2 aromatic heterocycles. The highest BCUT2D eigenvalue weighted by atomic mass is 19.2. The molecule has 1 fully saturated rings. The van der Waals surface area contributed by atoms with Gasteiger partial charge in [0.15, 0.2) is 11.6 Å². The number of carbonyl (C=O) groups excluding carboxylic acids is 1. The van der Waals surface area contributed by atoms with Crippen LogP contribution in [-0.2, 0) is 11.4 Å². The molecule has 8 heteroatoms. The number of carbonyl (C=O) groups is 1. The van der Waals surface area contributed by atoms with Gasteiger partial charge in [0.25, 0.3) is 0 Å². The Morgan fingerprint density at radius 2 is 2.00 bits per heavy atom. The van der Waals surface area contributed by atoms with E-state index in [-0.39, 0.29) is 18.6 Å². The number of rotatable bonds is 6. The Labute approximate surface area is 195 Å². The maximum atomic E-state index is 13.4. The summed E-state index contributed by atoms with van der Waals surface area (Å²) in [7, 11) is 0. The topological polar surface area (TPSA) is 59.7 Å². The molecule has 0 saturated carbocycles. The summed E-state index contributed by atoms with van der Waals surface area (Å²) >= 11 is 0. The van der Waals surface area contributed by atoms with E-state index in [4.69, 9.17) is 9.72 Å². The first-order valence-corrected chi connectivity index (χ1v) is 11.0. The normalized spacial score (nSPS) is 15.6. The van der Waals surface area contributed by atoms with Crippen molar-refractivity contribution in [3.8, 4) is 17.0 Å². The van der Waals surface area contributed by atoms with Crippen molar-refractivity contribution in [2.24, 2.45) is 0 Å². The summed E-state index contributed by atoms with van der Waals surface area (Å²) in [6.45, 7) is 4.42. The van der Waals surface area contributed by atoms with E-state index >= 15 is 0 Å². The molecule has 6 nitrogen and oxygen atoms in total. The summed E-state index contributed by atoms with van der Waals surface area (Å²) in [4.78, 5) is 23.3. The molecule has 1 atom stereocenters. The fourth-order valence-electron chi connectivity index (χ4n) is 4.33. The molecule has 0 spiro atoms. The molecular formula is C26H22F2N4O2. The zero-order valence-corrected chi connectivity index (χ0v) is 18.3. The van der Waals surface area contributed by atoms with Crippen LogP contribution in [0.1, 0.15) is 30.3 Å². The second-order valence-electron chi connectivity index (χ2n) is 8.11. The molecule has 2 aromatic carbocycles. The first kappa shape index (κ1) is 21.8. The molecule has 1 aliphatic heterocycles. The third-order valence-electron chi connectivity index (χ3n) is 6.00. The number of ether oxygens (including phenoxy) is 1. The fourth-order valence-corrected chi connectivity index (χ4v) is 4.33. The van der Waals surface area contributed by atoms with Gasteiger partial charge < -0.3 is 9.64 Å². The van der Waals surface area contributed by atoms with Crippen molar-refractivity contribution in [2.45, 2.75) is 25.5 Å². The number of benzene rings is 2. The number of likely N-dealkylation sites (tertiary alicyclic amines) is 1. The van der Waals surface area contributed by atoms with E-state index in [9.17, 15) is 13.6 Å².